The molecule has 0 spiro atoms. The first-order valence-electron chi connectivity index (χ1n) is 9.70. The van der Waals surface area contributed by atoms with Crippen molar-refractivity contribution in [3.05, 3.63) is 56.3 Å². The molecule has 2 aliphatic rings. The number of rotatable bonds is 4. The van der Waals surface area contributed by atoms with Gasteiger partial charge in [0.15, 0.2) is 0 Å². The van der Waals surface area contributed by atoms with Crippen LogP contribution in [-0.4, -0.2) is 65.8 Å². The van der Waals surface area contributed by atoms with Crippen LogP contribution in [-0.2, 0) is 0 Å². The van der Waals surface area contributed by atoms with Crippen LogP contribution in [0.1, 0.15) is 32.9 Å². The van der Waals surface area contributed by atoms with E-state index in [2.05, 4.69) is 0 Å². The van der Waals surface area contributed by atoms with Gasteiger partial charge < -0.3 is 14.7 Å². The smallest absolute Gasteiger partial charge is 0.293 e. The molecule has 0 saturated carbocycles. The zero-order valence-electron chi connectivity index (χ0n) is 16.0. The second-order valence-electron chi connectivity index (χ2n) is 7.22. The van der Waals surface area contributed by atoms with Gasteiger partial charge >= 0.3 is 0 Å². The molecule has 4 rings (SSSR count). The molecule has 2 saturated heterocycles. The summed E-state index contributed by atoms with van der Waals surface area (Å²) < 4.78 is 0. The Morgan fingerprint density at radius 1 is 0.931 bits per heavy atom. The Kier molecular flexibility index (Phi) is 5.48. The van der Waals surface area contributed by atoms with Gasteiger partial charge in [-0.2, -0.15) is 0 Å². The molecule has 2 aliphatic heterocycles. The minimum atomic E-state index is -0.415. The summed E-state index contributed by atoms with van der Waals surface area (Å²) in [7, 11) is 0. The van der Waals surface area contributed by atoms with Gasteiger partial charge in [0, 0.05) is 50.9 Å². The fourth-order valence-electron chi connectivity index (χ4n) is 3.88. The summed E-state index contributed by atoms with van der Waals surface area (Å²) in [4.78, 5) is 42.6. The van der Waals surface area contributed by atoms with Gasteiger partial charge in [0.05, 0.1) is 9.80 Å². The first kappa shape index (κ1) is 19.4. The van der Waals surface area contributed by atoms with E-state index < -0.39 is 4.92 Å². The number of hydrogen-bond donors (Lipinski definition) is 0. The molecule has 1 aromatic heterocycles. The van der Waals surface area contributed by atoms with Crippen molar-refractivity contribution in [2.24, 2.45) is 0 Å². The van der Waals surface area contributed by atoms with Crippen LogP contribution in [0, 0.1) is 10.1 Å². The maximum Gasteiger partial charge on any atom is 0.293 e. The second kappa shape index (κ2) is 8.20. The van der Waals surface area contributed by atoms with Crippen molar-refractivity contribution in [2.75, 3.05) is 44.2 Å². The number of benzene rings is 1. The molecular formula is C20H22N4O4S. The van der Waals surface area contributed by atoms with Gasteiger partial charge in [-0.15, -0.1) is 11.3 Å². The summed E-state index contributed by atoms with van der Waals surface area (Å²) in [5.41, 5.74) is 0.873. The first-order valence-corrected chi connectivity index (χ1v) is 10.6. The van der Waals surface area contributed by atoms with Crippen molar-refractivity contribution in [3.63, 3.8) is 0 Å². The van der Waals surface area contributed by atoms with E-state index in [9.17, 15) is 19.7 Å². The van der Waals surface area contributed by atoms with Gasteiger partial charge in [-0.3, -0.25) is 19.7 Å². The third kappa shape index (κ3) is 3.95. The van der Waals surface area contributed by atoms with Crippen LogP contribution in [0.5, 0.6) is 0 Å². The van der Waals surface area contributed by atoms with Crippen LogP contribution in [0.4, 0.5) is 11.4 Å². The molecule has 2 aromatic rings. The zero-order chi connectivity index (χ0) is 20.4. The summed E-state index contributed by atoms with van der Waals surface area (Å²) in [5.74, 6) is -0.248. The minimum Gasteiger partial charge on any atom is -0.366 e. The van der Waals surface area contributed by atoms with E-state index in [1.54, 1.807) is 28.0 Å². The maximum absolute atomic E-state index is 12.9. The van der Waals surface area contributed by atoms with Gasteiger partial charge in [0.1, 0.15) is 5.69 Å². The van der Waals surface area contributed by atoms with Crippen molar-refractivity contribution in [1.29, 1.82) is 0 Å². The quantitative estimate of drug-likeness (QED) is 0.567. The molecule has 152 valence electrons. The largest absolute Gasteiger partial charge is 0.366 e. The van der Waals surface area contributed by atoms with E-state index in [0.717, 1.165) is 25.9 Å². The monoisotopic (exact) mass is 414 g/mol. The van der Waals surface area contributed by atoms with E-state index in [1.807, 2.05) is 16.3 Å². The molecule has 1 aromatic carbocycles. The summed E-state index contributed by atoms with van der Waals surface area (Å²) >= 11 is 1.41. The Labute approximate surface area is 172 Å². The highest BCUT2D eigenvalue weighted by Gasteiger charge is 2.28. The molecule has 0 aliphatic carbocycles. The highest BCUT2D eigenvalue weighted by atomic mass is 32.1. The third-order valence-electron chi connectivity index (χ3n) is 5.45. The van der Waals surface area contributed by atoms with Crippen LogP contribution in [0.25, 0.3) is 0 Å². The Hall–Kier alpha value is -2.94. The molecule has 0 radical (unpaired) electrons. The van der Waals surface area contributed by atoms with Crippen LogP contribution in [0.2, 0.25) is 0 Å². The zero-order valence-corrected chi connectivity index (χ0v) is 16.8. The predicted molar refractivity (Wildman–Crippen MR) is 111 cm³/mol. The predicted octanol–water partition coefficient (Wildman–Crippen LogP) is 2.85. The Bertz CT molecular complexity index is 917. The summed E-state index contributed by atoms with van der Waals surface area (Å²) in [5, 5.41) is 13.4. The van der Waals surface area contributed by atoms with Gasteiger partial charge in [-0.1, -0.05) is 6.07 Å². The van der Waals surface area contributed by atoms with Crippen LogP contribution < -0.4 is 4.90 Å². The summed E-state index contributed by atoms with van der Waals surface area (Å²) in [6.45, 7) is 3.34. The third-order valence-corrected chi connectivity index (χ3v) is 6.31. The number of thiophene rings is 1. The van der Waals surface area contributed by atoms with Crippen molar-refractivity contribution in [3.8, 4) is 0 Å². The lowest BCUT2D eigenvalue weighted by Crippen LogP contribution is -2.50. The SMILES string of the molecule is O=C(c1ccc(N2CCCC2)c([N+](=O)[O-])c1)N1CCN(C(=O)c2cccs2)CC1. The number of anilines is 1. The van der Waals surface area contributed by atoms with Crippen molar-refractivity contribution in [2.45, 2.75) is 12.8 Å². The Morgan fingerprint density at radius 3 is 2.17 bits per heavy atom. The lowest BCUT2D eigenvalue weighted by atomic mass is 10.1. The second-order valence-corrected chi connectivity index (χ2v) is 8.16. The minimum absolute atomic E-state index is 0.0160. The van der Waals surface area contributed by atoms with E-state index in [-0.39, 0.29) is 17.5 Å². The lowest BCUT2D eigenvalue weighted by molar-refractivity contribution is -0.384. The van der Waals surface area contributed by atoms with E-state index >= 15 is 0 Å². The fourth-order valence-corrected chi connectivity index (χ4v) is 4.57. The van der Waals surface area contributed by atoms with Crippen LogP contribution in [0.15, 0.2) is 35.7 Å². The van der Waals surface area contributed by atoms with Gasteiger partial charge in [-0.05, 0) is 36.4 Å². The van der Waals surface area contributed by atoms with Crippen molar-refractivity contribution in [1.82, 2.24) is 9.80 Å². The lowest BCUT2D eigenvalue weighted by Gasteiger charge is -2.34. The Morgan fingerprint density at radius 2 is 1.59 bits per heavy atom. The molecule has 9 heteroatoms. The number of nitro benzene ring substituents is 1. The molecule has 0 N–H and O–H groups in total. The molecule has 2 fully saturated rings. The molecule has 0 atom stereocenters. The first-order chi connectivity index (χ1) is 14.0. The van der Waals surface area contributed by atoms with Crippen molar-refractivity contribution < 1.29 is 14.5 Å². The van der Waals surface area contributed by atoms with E-state index in [0.29, 0.717) is 42.3 Å². The van der Waals surface area contributed by atoms with E-state index in [1.165, 1.54) is 17.4 Å². The normalized spacial score (nSPS) is 16.9. The van der Waals surface area contributed by atoms with Crippen LogP contribution in [0.3, 0.4) is 0 Å². The van der Waals surface area contributed by atoms with Gasteiger partial charge in [-0.25, -0.2) is 0 Å². The molecule has 8 nitrogen and oxygen atoms in total. The molecule has 3 heterocycles. The highest BCUT2D eigenvalue weighted by molar-refractivity contribution is 7.12. The van der Waals surface area contributed by atoms with Gasteiger partial charge in [0.25, 0.3) is 17.5 Å². The van der Waals surface area contributed by atoms with Crippen molar-refractivity contribution >= 4 is 34.5 Å². The number of carbonyl (C=O) groups is 2. The number of nitrogens with zero attached hydrogens (tertiary/aromatic N) is 4. The number of amides is 2. The van der Waals surface area contributed by atoms with E-state index in [4.69, 9.17) is 0 Å². The molecule has 0 unspecified atom stereocenters. The number of nitro groups is 1. The number of hydrogen-bond acceptors (Lipinski definition) is 6. The Balaban J connectivity index is 1.45. The topological polar surface area (TPSA) is 87.0 Å². The fraction of sp³-hybridized carbons (Fsp3) is 0.400. The number of piperazine rings is 1. The molecule has 2 amide bonds. The number of carbonyl (C=O) groups excluding carboxylic acids is 2. The highest BCUT2D eigenvalue weighted by Crippen LogP contribution is 2.32. The molecule has 0 bridgehead atoms. The van der Waals surface area contributed by atoms with Crippen LogP contribution >= 0.6 is 11.3 Å². The average Bonchev–Trinajstić information content (AvgIpc) is 3.46. The van der Waals surface area contributed by atoms with Gasteiger partial charge in [0.2, 0.25) is 0 Å². The summed E-state index contributed by atoms with van der Waals surface area (Å²) in [6, 6.07) is 8.39. The standard InChI is InChI=1S/C20H22N4O4S/c25-19(22-9-11-23(12-10-22)20(26)18-4-3-13-29-18)15-5-6-16(17(14-15)24(27)28)21-7-1-2-8-21/h3-6,13-14H,1-2,7-12H2. The summed E-state index contributed by atoms with van der Waals surface area (Å²) in [6.07, 6.45) is 2.04. The molecule has 29 heavy (non-hydrogen) atoms. The molecular weight excluding hydrogens is 392 g/mol. The maximum atomic E-state index is 12.9. The average molecular weight is 414 g/mol.